The van der Waals surface area contributed by atoms with E-state index in [2.05, 4.69) is 0 Å². The third kappa shape index (κ3) is 2.43. The van der Waals surface area contributed by atoms with Crippen molar-refractivity contribution in [2.45, 2.75) is 19.8 Å². The van der Waals surface area contributed by atoms with Gasteiger partial charge in [-0.2, -0.15) is 0 Å². The summed E-state index contributed by atoms with van der Waals surface area (Å²) in [6.07, 6.45) is 4.42. The van der Waals surface area contributed by atoms with E-state index in [1.807, 2.05) is 12.2 Å². The highest BCUT2D eigenvalue weighted by Crippen LogP contribution is 2.39. The van der Waals surface area contributed by atoms with Gasteiger partial charge in [-0.05, 0) is 31.9 Å². The molecule has 0 heterocycles. The SMILES string of the molecule is CCOC(=O)C1(C(=O)c2ccccc2Cl)CC=CC1. The van der Waals surface area contributed by atoms with Crippen LogP contribution in [-0.2, 0) is 9.53 Å². The van der Waals surface area contributed by atoms with E-state index in [4.69, 9.17) is 16.3 Å². The molecule has 1 aromatic rings. The summed E-state index contributed by atoms with van der Waals surface area (Å²) in [5.41, 5.74) is -0.762. The fourth-order valence-electron chi connectivity index (χ4n) is 2.27. The molecule has 3 nitrogen and oxygen atoms in total. The van der Waals surface area contributed by atoms with Gasteiger partial charge in [0.1, 0.15) is 5.41 Å². The summed E-state index contributed by atoms with van der Waals surface area (Å²) in [5, 5.41) is 0.364. The first-order chi connectivity index (χ1) is 9.12. The van der Waals surface area contributed by atoms with Crippen LogP contribution in [0.4, 0.5) is 0 Å². The van der Waals surface area contributed by atoms with Gasteiger partial charge in [-0.25, -0.2) is 0 Å². The smallest absolute Gasteiger partial charge is 0.320 e. The van der Waals surface area contributed by atoms with Crippen molar-refractivity contribution >= 4 is 23.4 Å². The Balaban J connectivity index is 2.38. The number of benzene rings is 1. The summed E-state index contributed by atoms with van der Waals surface area (Å²) in [4.78, 5) is 24.8. The minimum atomic E-state index is -1.14. The number of halogens is 1. The molecule has 4 heteroatoms. The number of allylic oxidation sites excluding steroid dienone is 2. The average Bonchev–Trinajstić information content (AvgIpc) is 2.89. The first-order valence-corrected chi connectivity index (χ1v) is 6.61. The molecule has 0 N–H and O–H groups in total. The van der Waals surface area contributed by atoms with Crippen molar-refractivity contribution in [3.63, 3.8) is 0 Å². The number of Topliss-reactive ketones (excluding diaryl/α,β-unsaturated/α-hetero) is 1. The van der Waals surface area contributed by atoms with Crippen LogP contribution >= 0.6 is 11.6 Å². The molecule has 0 aliphatic heterocycles. The molecule has 0 saturated heterocycles. The van der Waals surface area contributed by atoms with E-state index in [-0.39, 0.29) is 12.4 Å². The highest BCUT2D eigenvalue weighted by Gasteiger charge is 2.48. The normalized spacial score (nSPS) is 16.3. The van der Waals surface area contributed by atoms with E-state index < -0.39 is 11.4 Å². The number of carbonyl (C=O) groups excluding carboxylic acids is 2. The van der Waals surface area contributed by atoms with Crippen molar-refractivity contribution in [1.29, 1.82) is 0 Å². The second kappa shape index (κ2) is 5.57. The molecule has 0 saturated carbocycles. The maximum absolute atomic E-state index is 12.7. The summed E-state index contributed by atoms with van der Waals surface area (Å²) in [7, 11) is 0. The number of hydrogen-bond donors (Lipinski definition) is 0. The Morgan fingerprint density at radius 1 is 1.26 bits per heavy atom. The largest absolute Gasteiger partial charge is 0.465 e. The third-order valence-electron chi connectivity index (χ3n) is 3.32. The molecular weight excluding hydrogens is 264 g/mol. The zero-order valence-electron chi connectivity index (χ0n) is 10.7. The highest BCUT2D eigenvalue weighted by atomic mass is 35.5. The molecule has 0 unspecified atom stereocenters. The van der Waals surface area contributed by atoms with Gasteiger partial charge in [0.05, 0.1) is 11.6 Å². The Morgan fingerprint density at radius 3 is 2.47 bits per heavy atom. The maximum atomic E-state index is 12.7. The van der Waals surface area contributed by atoms with Crippen molar-refractivity contribution in [2.24, 2.45) is 5.41 Å². The van der Waals surface area contributed by atoms with Gasteiger partial charge in [-0.15, -0.1) is 0 Å². The number of carbonyl (C=O) groups is 2. The molecule has 0 spiro atoms. The second-order valence-electron chi connectivity index (χ2n) is 4.49. The molecule has 1 aromatic carbocycles. The molecule has 100 valence electrons. The van der Waals surface area contributed by atoms with Crippen molar-refractivity contribution in [3.05, 3.63) is 47.0 Å². The van der Waals surface area contributed by atoms with Crippen LogP contribution in [-0.4, -0.2) is 18.4 Å². The number of esters is 1. The molecular formula is C15H15ClO3. The van der Waals surface area contributed by atoms with Gasteiger partial charge in [0.15, 0.2) is 5.78 Å². The lowest BCUT2D eigenvalue weighted by Crippen LogP contribution is -2.38. The Morgan fingerprint density at radius 2 is 1.89 bits per heavy atom. The molecule has 1 aliphatic rings. The van der Waals surface area contributed by atoms with Crippen LogP contribution in [0.5, 0.6) is 0 Å². The summed E-state index contributed by atoms with van der Waals surface area (Å²) in [6, 6.07) is 6.78. The number of hydrogen-bond acceptors (Lipinski definition) is 3. The van der Waals surface area contributed by atoms with Gasteiger partial charge in [0, 0.05) is 5.56 Å². The molecule has 0 fully saturated rings. The summed E-state index contributed by atoms with van der Waals surface area (Å²) < 4.78 is 5.07. The third-order valence-corrected chi connectivity index (χ3v) is 3.65. The quantitative estimate of drug-likeness (QED) is 0.367. The predicted molar refractivity (Wildman–Crippen MR) is 73.2 cm³/mol. The Kier molecular flexibility index (Phi) is 4.05. The Bertz CT molecular complexity index is 526. The van der Waals surface area contributed by atoms with Gasteiger partial charge < -0.3 is 4.74 Å². The lowest BCUT2D eigenvalue weighted by molar-refractivity contribution is -0.151. The van der Waals surface area contributed by atoms with E-state index in [0.717, 1.165) is 0 Å². The van der Waals surface area contributed by atoms with Crippen LogP contribution in [0.1, 0.15) is 30.1 Å². The first kappa shape index (κ1) is 13.8. The fraction of sp³-hybridized carbons (Fsp3) is 0.333. The van der Waals surface area contributed by atoms with Gasteiger partial charge in [0.2, 0.25) is 0 Å². The topological polar surface area (TPSA) is 43.4 Å². The van der Waals surface area contributed by atoms with Crippen molar-refractivity contribution in [2.75, 3.05) is 6.61 Å². The minimum Gasteiger partial charge on any atom is -0.465 e. The summed E-state index contributed by atoms with van der Waals surface area (Å²) in [6.45, 7) is 1.99. The zero-order valence-corrected chi connectivity index (χ0v) is 11.4. The van der Waals surface area contributed by atoms with Crippen molar-refractivity contribution in [1.82, 2.24) is 0 Å². The van der Waals surface area contributed by atoms with E-state index in [1.54, 1.807) is 31.2 Å². The monoisotopic (exact) mass is 278 g/mol. The van der Waals surface area contributed by atoms with Crippen LogP contribution in [0.2, 0.25) is 5.02 Å². The Hall–Kier alpha value is -1.61. The zero-order chi connectivity index (χ0) is 13.9. The molecule has 0 amide bonds. The van der Waals surface area contributed by atoms with E-state index in [9.17, 15) is 9.59 Å². The Labute approximate surface area is 117 Å². The maximum Gasteiger partial charge on any atom is 0.320 e. The molecule has 19 heavy (non-hydrogen) atoms. The first-order valence-electron chi connectivity index (χ1n) is 6.23. The summed E-state index contributed by atoms with van der Waals surface area (Å²) >= 11 is 6.05. The number of ether oxygens (including phenoxy) is 1. The second-order valence-corrected chi connectivity index (χ2v) is 4.90. The van der Waals surface area contributed by atoms with Crippen LogP contribution < -0.4 is 0 Å². The molecule has 1 aliphatic carbocycles. The molecule has 0 aromatic heterocycles. The van der Waals surface area contributed by atoms with E-state index in [0.29, 0.717) is 23.4 Å². The van der Waals surface area contributed by atoms with E-state index >= 15 is 0 Å². The summed E-state index contributed by atoms with van der Waals surface area (Å²) in [5.74, 6) is -0.730. The number of ketones is 1. The van der Waals surface area contributed by atoms with Crippen LogP contribution in [0, 0.1) is 5.41 Å². The molecule has 2 rings (SSSR count). The van der Waals surface area contributed by atoms with E-state index in [1.165, 1.54) is 0 Å². The fourth-order valence-corrected chi connectivity index (χ4v) is 2.49. The average molecular weight is 279 g/mol. The van der Waals surface area contributed by atoms with Crippen LogP contribution in [0.15, 0.2) is 36.4 Å². The molecule has 0 atom stereocenters. The standard InChI is InChI=1S/C15H15ClO3/c1-2-19-14(18)15(9-5-6-10-15)13(17)11-7-3-4-8-12(11)16/h3-8H,2,9-10H2,1H3. The number of rotatable bonds is 4. The highest BCUT2D eigenvalue weighted by molar-refractivity contribution is 6.35. The van der Waals surface area contributed by atoms with Gasteiger partial charge >= 0.3 is 5.97 Å². The molecule has 0 radical (unpaired) electrons. The molecule has 0 bridgehead atoms. The predicted octanol–water partition coefficient (Wildman–Crippen LogP) is 3.42. The van der Waals surface area contributed by atoms with Crippen molar-refractivity contribution in [3.8, 4) is 0 Å². The van der Waals surface area contributed by atoms with Gasteiger partial charge in [-0.3, -0.25) is 9.59 Å². The van der Waals surface area contributed by atoms with Gasteiger partial charge in [-0.1, -0.05) is 35.9 Å². The lowest BCUT2D eigenvalue weighted by atomic mass is 9.78. The lowest BCUT2D eigenvalue weighted by Gasteiger charge is -2.25. The van der Waals surface area contributed by atoms with Crippen LogP contribution in [0.25, 0.3) is 0 Å². The van der Waals surface area contributed by atoms with Gasteiger partial charge in [0.25, 0.3) is 0 Å². The van der Waals surface area contributed by atoms with Crippen molar-refractivity contribution < 1.29 is 14.3 Å². The minimum absolute atomic E-state index is 0.260. The van der Waals surface area contributed by atoms with Crippen LogP contribution in [0.3, 0.4) is 0 Å².